The lowest BCUT2D eigenvalue weighted by atomic mass is 10.1. The lowest BCUT2D eigenvalue weighted by Crippen LogP contribution is -2.36. The highest BCUT2D eigenvalue weighted by molar-refractivity contribution is 5.68. The van der Waals surface area contributed by atoms with E-state index in [9.17, 15) is 9.90 Å². The van der Waals surface area contributed by atoms with Crippen molar-refractivity contribution in [3.05, 3.63) is 35.9 Å². The number of benzene rings is 1. The van der Waals surface area contributed by atoms with E-state index in [-0.39, 0.29) is 12.0 Å². The van der Waals surface area contributed by atoms with Gasteiger partial charge < -0.3 is 20.1 Å². The van der Waals surface area contributed by atoms with Crippen LogP contribution in [0.2, 0.25) is 0 Å². The molecule has 0 radical (unpaired) electrons. The van der Waals surface area contributed by atoms with Crippen LogP contribution in [0.3, 0.4) is 0 Å². The molecular weight excluding hydrogens is 280 g/mol. The molecule has 1 aliphatic heterocycles. The molecular formula is C17H26N2O3. The topological polar surface area (TPSA) is 61.8 Å². The SMILES string of the molecule is CC(C)(C)OC(=O)N1C[C@@H](CNCc2ccccc2)[C@H](O)C1. The molecule has 2 atom stereocenters. The average molecular weight is 306 g/mol. The summed E-state index contributed by atoms with van der Waals surface area (Å²) < 4.78 is 5.35. The van der Waals surface area contributed by atoms with Crippen molar-refractivity contribution in [3.63, 3.8) is 0 Å². The summed E-state index contributed by atoms with van der Waals surface area (Å²) in [5.74, 6) is 0.0382. The Morgan fingerprint density at radius 3 is 2.64 bits per heavy atom. The number of likely N-dealkylation sites (tertiary alicyclic amines) is 1. The predicted molar refractivity (Wildman–Crippen MR) is 85.5 cm³/mol. The lowest BCUT2D eigenvalue weighted by molar-refractivity contribution is 0.0270. The molecule has 5 nitrogen and oxygen atoms in total. The van der Waals surface area contributed by atoms with E-state index in [0.717, 1.165) is 6.54 Å². The van der Waals surface area contributed by atoms with Gasteiger partial charge in [0.25, 0.3) is 0 Å². The van der Waals surface area contributed by atoms with Gasteiger partial charge in [-0.25, -0.2) is 4.79 Å². The van der Waals surface area contributed by atoms with E-state index >= 15 is 0 Å². The summed E-state index contributed by atoms with van der Waals surface area (Å²) in [5, 5.41) is 13.5. The van der Waals surface area contributed by atoms with Crippen LogP contribution in [0.15, 0.2) is 30.3 Å². The van der Waals surface area contributed by atoms with E-state index in [0.29, 0.717) is 19.6 Å². The maximum Gasteiger partial charge on any atom is 0.410 e. The smallest absolute Gasteiger partial charge is 0.410 e. The fourth-order valence-electron chi connectivity index (χ4n) is 2.53. The summed E-state index contributed by atoms with van der Waals surface area (Å²) in [5.41, 5.74) is 0.699. The van der Waals surface area contributed by atoms with Gasteiger partial charge in [-0.1, -0.05) is 30.3 Å². The van der Waals surface area contributed by atoms with Crippen LogP contribution in [0.1, 0.15) is 26.3 Å². The van der Waals surface area contributed by atoms with Crippen LogP contribution in [0, 0.1) is 5.92 Å². The number of aliphatic hydroxyl groups is 1. The molecule has 2 N–H and O–H groups in total. The molecule has 0 aromatic heterocycles. The lowest BCUT2D eigenvalue weighted by Gasteiger charge is -2.24. The molecule has 2 rings (SSSR count). The highest BCUT2D eigenvalue weighted by Crippen LogP contribution is 2.19. The Balaban J connectivity index is 1.77. The van der Waals surface area contributed by atoms with E-state index in [2.05, 4.69) is 17.4 Å². The van der Waals surface area contributed by atoms with Crippen molar-refractivity contribution in [2.75, 3.05) is 19.6 Å². The van der Waals surface area contributed by atoms with Crippen LogP contribution in [-0.2, 0) is 11.3 Å². The molecule has 0 unspecified atom stereocenters. The molecule has 1 saturated heterocycles. The number of carbonyl (C=O) groups excluding carboxylic acids is 1. The fraction of sp³-hybridized carbons (Fsp3) is 0.588. The van der Waals surface area contributed by atoms with Crippen molar-refractivity contribution in [1.82, 2.24) is 10.2 Å². The standard InChI is InChI=1S/C17H26N2O3/c1-17(2,3)22-16(21)19-11-14(15(20)12-19)10-18-9-13-7-5-4-6-8-13/h4-8,14-15,18,20H,9-12H2,1-3H3/t14-,15-/m1/s1. The molecule has 5 heteroatoms. The first kappa shape index (κ1) is 16.8. The number of aliphatic hydroxyl groups excluding tert-OH is 1. The fourth-order valence-corrected chi connectivity index (χ4v) is 2.53. The number of nitrogens with zero attached hydrogens (tertiary/aromatic N) is 1. The second kappa shape index (κ2) is 7.11. The van der Waals surface area contributed by atoms with Crippen LogP contribution in [0.4, 0.5) is 4.79 Å². The molecule has 0 saturated carbocycles. The summed E-state index contributed by atoms with van der Waals surface area (Å²) in [4.78, 5) is 13.6. The van der Waals surface area contributed by atoms with Gasteiger partial charge in [0.05, 0.1) is 12.6 Å². The molecule has 22 heavy (non-hydrogen) atoms. The van der Waals surface area contributed by atoms with Gasteiger partial charge in [0.15, 0.2) is 0 Å². The molecule has 0 bridgehead atoms. The molecule has 1 amide bonds. The number of β-amino-alcohol motifs (C(OH)–C–C–N with tert-alkyl or cyclic N) is 1. The zero-order valence-corrected chi connectivity index (χ0v) is 13.6. The Labute approximate surface area is 132 Å². The van der Waals surface area contributed by atoms with E-state index in [1.807, 2.05) is 39.0 Å². The second-order valence-corrected chi connectivity index (χ2v) is 6.83. The molecule has 1 aromatic rings. The molecule has 1 aromatic carbocycles. The van der Waals surface area contributed by atoms with Crippen LogP contribution in [-0.4, -0.2) is 47.4 Å². The van der Waals surface area contributed by atoms with Crippen LogP contribution in [0.25, 0.3) is 0 Å². The van der Waals surface area contributed by atoms with Gasteiger partial charge in [-0.15, -0.1) is 0 Å². The van der Waals surface area contributed by atoms with Gasteiger partial charge in [0.1, 0.15) is 5.60 Å². The third kappa shape index (κ3) is 5.00. The van der Waals surface area contributed by atoms with E-state index in [1.165, 1.54) is 5.56 Å². The maximum absolute atomic E-state index is 12.0. The van der Waals surface area contributed by atoms with Gasteiger partial charge in [0.2, 0.25) is 0 Å². The zero-order valence-electron chi connectivity index (χ0n) is 13.6. The minimum atomic E-state index is -0.508. The minimum absolute atomic E-state index is 0.0382. The first-order valence-electron chi connectivity index (χ1n) is 7.76. The summed E-state index contributed by atoms with van der Waals surface area (Å²) >= 11 is 0. The van der Waals surface area contributed by atoms with Crippen molar-refractivity contribution in [1.29, 1.82) is 0 Å². The third-order valence-corrected chi connectivity index (χ3v) is 3.64. The predicted octanol–water partition coefficient (Wildman–Crippen LogP) is 2.00. The minimum Gasteiger partial charge on any atom is -0.444 e. The number of ether oxygens (including phenoxy) is 1. The molecule has 122 valence electrons. The van der Waals surface area contributed by atoms with Crippen molar-refractivity contribution in [3.8, 4) is 0 Å². The Morgan fingerprint density at radius 1 is 1.32 bits per heavy atom. The second-order valence-electron chi connectivity index (χ2n) is 6.83. The quantitative estimate of drug-likeness (QED) is 0.893. The summed E-state index contributed by atoms with van der Waals surface area (Å²) in [6.07, 6.45) is -0.854. The van der Waals surface area contributed by atoms with Crippen molar-refractivity contribution in [2.24, 2.45) is 5.92 Å². The first-order valence-corrected chi connectivity index (χ1v) is 7.76. The van der Waals surface area contributed by atoms with Gasteiger partial charge >= 0.3 is 6.09 Å². The van der Waals surface area contributed by atoms with E-state index in [4.69, 9.17) is 4.74 Å². The van der Waals surface area contributed by atoms with Crippen LogP contribution in [0.5, 0.6) is 0 Å². The van der Waals surface area contributed by atoms with E-state index in [1.54, 1.807) is 4.90 Å². The summed E-state index contributed by atoms with van der Waals surface area (Å²) in [6.45, 7) is 7.83. The number of hydrogen-bond acceptors (Lipinski definition) is 4. The van der Waals surface area contributed by atoms with Gasteiger partial charge in [-0.2, -0.15) is 0 Å². The Hall–Kier alpha value is -1.59. The highest BCUT2D eigenvalue weighted by atomic mass is 16.6. The van der Waals surface area contributed by atoms with Gasteiger partial charge in [-0.05, 0) is 26.3 Å². The molecule has 0 aliphatic carbocycles. The summed E-state index contributed by atoms with van der Waals surface area (Å²) in [7, 11) is 0. The highest BCUT2D eigenvalue weighted by Gasteiger charge is 2.35. The number of hydrogen-bond donors (Lipinski definition) is 2. The van der Waals surface area contributed by atoms with Gasteiger partial charge in [0, 0.05) is 25.6 Å². The van der Waals surface area contributed by atoms with Crippen LogP contribution >= 0.6 is 0 Å². The number of rotatable bonds is 4. The Bertz CT molecular complexity index is 484. The van der Waals surface area contributed by atoms with Crippen LogP contribution < -0.4 is 5.32 Å². The summed E-state index contributed by atoms with van der Waals surface area (Å²) in [6, 6.07) is 10.1. The monoisotopic (exact) mass is 306 g/mol. The van der Waals surface area contributed by atoms with Gasteiger partial charge in [-0.3, -0.25) is 0 Å². The van der Waals surface area contributed by atoms with Crippen molar-refractivity contribution < 1.29 is 14.6 Å². The van der Waals surface area contributed by atoms with Crippen molar-refractivity contribution in [2.45, 2.75) is 39.0 Å². The molecule has 0 spiro atoms. The molecule has 1 aliphatic rings. The number of amides is 1. The normalized spacial score (nSPS) is 21.9. The maximum atomic E-state index is 12.0. The largest absolute Gasteiger partial charge is 0.444 e. The van der Waals surface area contributed by atoms with Crippen molar-refractivity contribution >= 4 is 6.09 Å². The third-order valence-electron chi connectivity index (χ3n) is 3.64. The zero-order chi connectivity index (χ0) is 16.2. The Morgan fingerprint density at radius 2 is 2.00 bits per heavy atom. The number of nitrogens with one attached hydrogen (secondary N) is 1. The molecule has 1 heterocycles. The Kier molecular flexibility index (Phi) is 5.42. The average Bonchev–Trinajstić information content (AvgIpc) is 2.80. The number of carbonyl (C=O) groups is 1. The van der Waals surface area contributed by atoms with E-state index < -0.39 is 11.7 Å². The first-order chi connectivity index (χ1) is 10.3. The molecule has 1 fully saturated rings.